The van der Waals surface area contributed by atoms with Gasteiger partial charge >= 0.3 is 0 Å². The van der Waals surface area contributed by atoms with Gasteiger partial charge in [-0.2, -0.15) is 0 Å². The maximum absolute atomic E-state index is 13.8. The summed E-state index contributed by atoms with van der Waals surface area (Å²) in [5, 5.41) is 24.2. The molecule has 0 radical (unpaired) electrons. The minimum absolute atomic E-state index is 0.00280. The number of anilines is 1. The first-order valence-corrected chi connectivity index (χ1v) is 14.5. The number of aromatic nitrogens is 1. The number of aryl methyl sites for hydroxylation is 1. The molecule has 2 aromatic carbocycles. The van der Waals surface area contributed by atoms with E-state index in [1.54, 1.807) is 18.3 Å². The zero-order chi connectivity index (χ0) is 28.1. The first kappa shape index (κ1) is 27.6. The van der Waals surface area contributed by atoms with Gasteiger partial charge in [-0.15, -0.1) is 0 Å². The number of carbonyl (C=O) groups excluding carboxylic acids is 1. The van der Waals surface area contributed by atoms with E-state index in [-0.39, 0.29) is 34.0 Å². The van der Waals surface area contributed by atoms with E-state index in [9.17, 15) is 32.2 Å². The largest absolute Gasteiger partial charge is 0.386 e. The normalized spacial score (nSPS) is 25.3. The number of halogens is 3. The average Bonchev–Trinajstić information content (AvgIpc) is 3.06. The molecule has 2 aliphatic rings. The molecule has 5 rings (SSSR count). The van der Waals surface area contributed by atoms with E-state index >= 15 is 0 Å². The molecule has 1 heterocycles. The van der Waals surface area contributed by atoms with Gasteiger partial charge in [0.05, 0.1) is 20.9 Å². The van der Waals surface area contributed by atoms with Crippen LogP contribution >= 0.6 is 11.6 Å². The highest BCUT2D eigenvalue weighted by Crippen LogP contribution is 2.56. The van der Waals surface area contributed by atoms with Crippen LogP contribution in [0.5, 0.6) is 0 Å². The highest BCUT2D eigenvalue weighted by molar-refractivity contribution is 7.92. The van der Waals surface area contributed by atoms with Gasteiger partial charge in [-0.1, -0.05) is 17.7 Å². The molecule has 0 saturated heterocycles. The van der Waals surface area contributed by atoms with Crippen molar-refractivity contribution in [2.45, 2.75) is 54.5 Å². The minimum Gasteiger partial charge on any atom is -0.386 e. The van der Waals surface area contributed by atoms with Crippen molar-refractivity contribution in [3.05, 3.63) is 88.2 Å². The van der Waals surface area contributed by atoms with Crippen LogP contribution in [0.25, 0.3) is 0 Å². The lowest BCUT2D eigenvalue weighted by atomic mass is 9.70. The van der Waals surface area contributed by atoms with Crippen LogP contribution in [-0.4, -0.2) is 40.4 Å². The summed E-state index contributed by atoms with van der Waals surface area (Å²) in [5.41, 5.74) is -0.288. The lowest BCUT2D eigenvalue weighted by Gasteiger charge is -2.45. The first-order chi connectivity index (χ1) is 18.4. The highest BCUT2D eigenvalue weighted by Gasteiger charge is 2.59. The molecule has 1 amide bonds. The average molecular weight is 577 g/mol. The molecule has 2 saturated carbocycles. The van der Waals surface area contributed by atoms with Crippen LogP contribution in [0.1, 0.15) is 53.4 Å². The molecule has 3 N–H and O–H groups in total. The maximum Gasteiger partial charge on any atom is 0.255 e. The van der Waals surface area contributed by atoms with Crippen LogP contribution in [0.3, 0.4) is 0 Å². The summed E-state index contributed by atoms with van der Waals surface area (Å²) in [5.74, 6) is -3.88. The van der Waals surface area contributed by atoms with Gasteiger partial charge in [0.15, 0.2) is 21.5 Å². The Kier molecular flexibility index (Phi) is 7.26. The Morgan fingerprint density at radius 1 is 1.08 bits per heavy atom. The molecule has 3 aromatic rings. The molecule has 206 valence electrons. The number of rotatable bonds is 6. The molecule has 1 aromatic heterocycles. The Morgan fingerprint density at radius 3 is 2.38 bits per heavy atom. The van der Waals surface area contributed by atoms with Gasteiger partial charge in [0.1, 0.15) is 11.7 Å². The van der Waals surface area contributed by atoms with Crippen LogP contribution in [0.4, 0.5) is 14.5 Å². The second kappa shape index (κ2) is 10.2. The predicted octanol–water partition coefficient (Wildman–Crippen LogP) is 5.00. The summed E-state index contributed by atoms with van der Waals surface area (Å²) in [6.45, 7) is 1.87. The zero-order valence-electron chi connectivity index (χ0n) is 20.9. The molecule has 2 fully saturated rings. The Labute approximate surface area is 229 Å². The van der Waals surface area contributed by atoms with Crippen molar-refractivity contribution in [2.75, 3.05) is 5.32 Å². The Morgan fingerprint density at radius 2 is 1.77 bits per heavy atom. The Bertz CT molecular complexity index is 1520. The number of aliphatic hydroxyl groups is 2. The van der Waals surface area contributed by atoms with E-state index < -0.39 is 56.2 Å². The Balaban J connectivity index is 1.38. The quantitative estimate of drug-likeness (QED) is 0.380. The van der Waals surface area contributed by atoms with Crippen LogP contribution in [0.15, 0.2) is 59.6 Å². The Hall–Kier alpha value is -2.92. The molecular weight excluding hydrogens is 550 g/mol. The minimum atomic E-state index is -4.04. The second-order valence-corrected chi connectivity index (χ2v) is 13.0. The number of hydrogen-bond acceptors (Lipinski definition) is 6. The van der Waals surface area contributed by atoms with Crippen molar-refractivity contribution in [3.8, 4) is 0 Å². The van der Waals surface area contributed by atoms with Crippen molar-refractivity contribution >= 4 is 33.0 Å². The van der Waals surface area contributed by atoms with Gasteiger partial charge in [0.25, 0.3) is 5.91 Å². The summed E-state index contributed by atoms with van der Waals surface area (Å²) in [4.78, 5) is 16.8. The summed E-state index contributed by atoms with van der Waals surface area (Å²) in [6, 6.07) is 10.1. The number of carbonyl (C=O) groups is 1. The zero-order valence-corrected chi connectivity index (χ0v) is 22.5. The van der Waals surface area contributed by atoms with Gasteiger partial charge in [0.2, 0.25) is 0 Å². The summed E-state index contributed by atoms with van der Waals surface area (Å²) < 4.78 is 54.3. The number of nitrogens with one attached hydrogen (secondary N) is 1. The maximum atomic E-state index is 13.8. The molecule has 0 aliphatic heterocycles. The topological polar surface area (TPSA) is 117 Å². The molecular formula is C28H27ClF2N2O5S. The van der Waals surface area contributed by atoms with Gasteiger partial charge in [-0.3, -0.25) is 9.78 Å². The van der Waals surface area contributed by atoms with Crippen LogP contribution in [0.2, 0.25) is 5.02 Å². The standard InChI is InChI=1S/C28H27ClF2N2O5S/c1-15-2-9-24(32-14-15)26(34)28(36)17-4-5-18(28)12-20(11-17)39(37,38)25-10-16(3-7-21(25)29)27(35)33-19-6-8-22(30)23(31)13-19/h2-3,6-10,13-14,17-18,20,26,34,36H,4-5,11-12H2,1H3,(H,33,35)/t17-,18+,20-,26?,28-. The van der Waals surface area contributed by atoms with Crippen LogP contribution < -0.4 is 5.32 Å². The van der Waals surface area contributed by atoms with Crippen LogP contribution in [0, 0.1) is 30.4 Å². The van der Waals surface area contributed by atoms with Crippen molar-refractivity contribution in [1.29, 1.82) is 0 Å². The third-order valence-corrected chi connectivity index (χ3v) is 10.7. The molecule has 11 heteroatoms. The predicted molar refractivity (Wildman–Crippen MR) is 141 cm³/mol. The lowest BCUT2D eigenvalue weighted by Crippen LogP contribution is -2.52. The van der Waals surface area contributed by atoms with Gasteiger partial charge in [-0.25, -0.2) is 17.2 Å². The number of benzene rings is 2. The molecule has 1 unspecified atom stereocenters. The molecule has 39 heavy (non-hydrogen) atoms. The van der Waals surface area contributed by atoms with Crippen molar-refractivity contribution in [2.24, 2.45) is 11.8 Å². The monoisotopic (exact) mass is 576 g/mol. The van der Waals surface area contributed by atoms with E-state index in [0.717, 1.165) is 17.7 Å². The number of hydrogen-bond donors (Lipinski definition) is 3. The molecule has 2 bridgehead atoms. The first-order valence-electron chi connectivity index (χ1n) is 12.5. The van der Waals surface area contributed by atoms with E-state index in [1.165, 1.54) is 24.3 Å². The molecule has 0 spiro atoms. The van der Waals surface area contributed by atoms with E-state index in [2.05, 4.69) is 10.3 Å². The number of aliphatic hydroxyl groups excluding tert-OH is 1. The number of amides is 1. The second-order valence-electron chi connectivity index (χ2n) is 10.4. The number of pyridine rings is 1. The SMILES string of the molecule is Cc1ccc(C(O)[C@@]2(O)[C@@H]3CC[C@H]2C[C@H](S(=O)(=O)c2cc(C(=O)Nc4ccc(F)c(F)c4)ccc2Cl)C3)nc1. The highest BCUT2D eigenvalue weighted by atomic mass is 35.5. The summed E-state index contributed by atoms with van der Waals surface area (Å²) in [7, 11) is -4.04. The number of fused-ring (bicyclic) bond motifs is 2. The summed E-state index contributed by atoms with van der Waals surface area (Å²) >= 11 is 6.29. The number of sulfone groups is 1. The van der Waals surface area contributed by atoms with E-state index in [0.29, 0.717) is 18.5 Å². The van der Waals surface area contributed by atoms with Crippen molar-refractivity contribution in [1.82, 2.24) is 4.98 Å². The van der Waals surface area contributed by atoms with E-state index in [4.69, 9.17) is 11.6 Å². The molecule has 5 atom stereocenters. The van der Waals surface area contributed by atoms with E-state index in [1.807, 2.05) is 6.92 Å². The van der Waals surface area contributed by atoms with Crippen LogP contribution in [-0.2, 0) is 9.84 Å². The van der Waals surface area contributed by atoms with Crippen molar-refractivity contribution < 1.29 is 32.2 Å². The third kappa shape index (κ3) is 4.95. The fraction of sp³-hybridized carbons (Fsp3) is 0.357. The number of nitrogens with zero attached hydrogens (tertiary/aromatic N) is 1. The fourth-order valence-electron chi connectivity index (χ4n) is 5.94. The summed E-state index contributed by atoms with van der Waals surface area (Å²) in [6.07, 6.45) is 1.68. The third-order valence-electron chi connectivity index (χ3n) is 8.04. The smallest absolute Gasteiger partial charge is 0.255 e. The van der Waals surface area contributed by atoms with Gasteiger partial charge < -0.3 is 15.5 Å². The van der Waals surface area contributed by atoms with Gasteiger partial charge in [-0.05, 0) is 86.4 Å². The van der Waals surface area contributed by atoms with Gasteiger partial charge in [0, 0.05) is 23.5 Å². The molecule has 2 aliphatic carbocycles. The van der Waals surface area contributed by atoms with Crippen molar-refractivity contribution in [3.63, 3.8) is 0 Å². The molecule has 7 nitrogen and oxygen atoms in total. The fourth-order valence-corrected chi connectivity index (χ4v) is 8.34. The lowest BCUT2D eigenvalue weighted by molar-refractivity contribution is -0.145.